The zero-order valence-corrected chi connectivity index (χ0v) is 16.6. The summed E-state index contributed by atoms with van der Waals surface area (Å²) in [4.78, 5) is 39.2. The van der Waals surface area contributed by atoms with E-state index in [0.29, 0.717) is 42.4 Å². The monoisotopic (exact) mass is 410 g/mol. The number of benzene rings is 2. The van der Waals surface area contributed by atoms with Gasteiger partial charge in [0.15, 0.2) is 11.6 Å². The predicted molar refractivity (Wildman–Crippen MR) is 112 cm³/mol. The number of carbonyl (C=O) groups is 3. The summed E-state index contributed by atoms with van der Waals surface area (Å²) < 4.78 is 0. The number of hydrogen-bond donors (Lipinski definition) is 1. The Kier molecular flexibility index (Phi) is 4.33. The van der Waals surface area contributed by atoms with Crippen molar-refractivity contribution < 1.29 is 19.5 Å². The number of Topliss-reactive ketones (excluding diaryl/α,β-unsaturated/α-hetero) is 2. The highest BCUT2D eigenvalue weighted by Gasteiger charge is 2.45. The fourth-order valence-electron chi connectivity index (χ4n) is 4.90. The molecule has 0 saturated heterocycles. The van der Waals surface area contributed by atoms with Crippen molar-refractivity contribution in [2.45, 2.75) is 31.6 Å². The van der Waals surface area contributed by atoms with Gasteiger partial charge in [0.1, 0.15) is 0 Å². The van der Waals surface area contributed by atoms with Gasteiger partial charge < -0.3 is 10.0 Å². The van der Waals surface area contributed by atoms with Crippen LogP contribution in [0, 0.1) is 11.3 Å². The summed E-state index contributed by atoms with van der Waals surface area (Å²) in [5.41, 5.74) is 5.36. The molecule has 152 valence electrons. The van der Waals surface area contributed by atoms with Crippen molar-refractivity contribution >= 4 is 23.2 Å². The van der Waals surface area contributed by atoms with E-state index in [0.717, 1.165) is 22.6 Å². The molecule has 0 spiro atoms. The highest BCUT2D eigenvalue weighted by molar-refractivity contribution is 6.09. The molecular weight excluding hydrogens is 392 g/mol. The first kappa shape index (κ1) is 19.0. The Labute approximate surface area is 178 Å². The van der Waals surface area contributed by atoms with Crippen molar-refractivity contribution in [1.29, 1.82) is 5.26 Å². The molecule has 0 saturated carbocycles. The molecule has 2 aromatic carbocycles. The van der Waals surface area contributed by atoms with E-state index in [4.69, 9.17) is 5.26 Å². The number of nitrogens with zero attached hydrogens (tertiary/aromatic N) is 2. The Balaban J connectivity index is 1.69. The molecule has 0 amide bonds. The summed E-state index contributed by atoms with van der Waals surface area (Å²) in [6, 6.07) is 15.7. The number of nitriles is 1. The number of carbonyl (C=O) groups excluding carboxylic acids is 2. The second-order valence-corrected chi connectivity index (χ2v) is 7.92. The first-order valence-electron chi connectivity index (χ1n) is 10.2. The minimum Gasteiger partial charge on any atom is -0.478 e. The van der Waals surface area contributed by atoms with E-state index in [-0.39, 0.29) is 17.1 Å². The maximum atomic E-state index is 13.0. The number of ketones is 2. The van der Waals surface area contributed by atoms with Crippen molar-refractivity contribution in [3.05, 3.63) is 87.8 Å². The average molecular weight is 410 g/mol. The number of anilines is 1. The van der Waals surface area contributed by atoms with Gasteiger partial charge >= 0.3 is 5.97 Å². The Hall–Kier alpha value is -3.98. The third-order valence-electron chi connectivity index (χ3n) is 6.26. The lowest BCUT2D eigenvalue weighted by molar-refractivity contribution is -0.115. The molecule has 0 aromatic heterocycles. The van der Waals surface area contributed by atoms with Gasteiger partial charge in [-0.15, -0.1) is 0 Å². The lowest BCUT2D eigenvalue weighted by Crippen LogP contribution is -2.30. The van der Waals surface area contributed by atoms with Crippen molar-refractivity contribution in [3.63, 3.8) is 0 Å². The first-order valence-corrected chi connectivity index (χ1v) is 10.2. The van der Waals surface area contributed by atoms with Crippen LogP contribution < -0.4 is 4.90 Å². The summed E-state index contributed by atoms with van der Waals surface area (Å²) in [6.45, 7) is 0. The van der Waals surface area contributed by atoms with Gasteiger partial charge in [-0.05, 0) is 54.8 Å². The molecule has 5 rings (SSSR count). The molecular formula is C25H18N2O4. The molecule has 1 aliphatic heterocycles. The Morgan fingerprint density at radius 2 is 1.42 bits per heavy atom. The summed E-state index contributed by atoms with van der Waals surface area (Å²) in [7, 11) is 0. The summed E-state index contributed by atoms with van der Waals surface area (Å²) >= 11 is 0. The van der Waals surface area contributed by atoms with Gasteiger partial charge in [0.25, 0.3) is 0 Å². The molecule has 2 aliphatic carbocycles. The third-order valence-corrected chi connectivity index (χ3v) is 6.26. The SMILES string of the molecule is N#Cc1ccc(C2C3=C(CCC3=O)N(c3ccc(C(=O)O)cc3)C3=C2C(=O)CC3)cc1. The van der Waals surface area contributed by atoms with Crippen molar-refractivity contribution in [2.75, 3.05) is 4.90 Å². The van der Waals surface area contributed by atoms with Crippen LogP contribution in [0.3, 0.4) is 0 Å². The topological polar surface area (TPSA) is 98.5 Å². The molecule has 0 unspecified atom stereocenters. The van der Waals surface area contributed by atoms with Gasteiger partial charge in [0.05, 0.1) is 17.2 Å². The number of carboxylic acids is 1. The number of rotatable bonds is 3. The van der Waals surface area contributed by atoms with Gasteiger partial charge in [0.2, 0.25) is 0 Å². The summed E-state index contributed by atoms with van der Waals surface area (Å²) in [6.07, 6.45) is 1.92. The Bertz CT molecular complexity index is 1200. The normalized spacial score (nSPS) is 18.4. The highest BCUT2D eigenvalue weighted by Crippen LogP contribution is 2.51. The molecule has 0 bridgehead atoms. The molecule has 2 aromatic rings. The first-order chi connectivity index (χ1) is 15.0. The minimum atomic E-state index is -1.00. The number of carboxylic acid groups (broad SMARTS) is 1. The van der Waals surface area contributed by atoms with E-state index >= 15 is 0 Å². The molecule has 6 heteroatoms. The number of allylic oxidation sites excluding steroid dienone is 4. The maximum Gasteiger partial charge on any atom is 0.335 e. The van der Waals surface area contributed by atoms with Gasteiger partial charge in [-0.3, -0.25) is 9.59 Å². The predicted octanol–water partition coefficient (Wildman–Crippen LogP) is 4.09. The highest BCUT2D eigenvalue weighted by atomic mass is 16.4. The molecule has 0 atom stereocenters. The van der Waals surface area contributed by atoms with Crippen LogP contribution in [0.5, 0.6) is 0 Å². The molecule has 3 aliphatic rings. The smallest absolute Gasteiger partial charge is 0.335 e. The van der Waals surface area contributed by atoms with Crippen LogP contribution in [-0.4, -0.2) is 22.6 Å². The zero-order chi connectivity index (χ0) is 21.7. The van der Waals surface area contributed by atoms with Crippen LogP contribution in [0.15, 0.2) is 71.1 Å². The second-order valence-electron chi connectivity index (χ2n) is 7.92. The fourth-order valence-corrected chi connectivity index (χ4v) is 4.90. The van der Waals surface area contributed by atoms with E-state index in [2.05, 4.69) is 6.07 Å². The van der Waals surface area contributed by atoms with E-state index in [1.807, 2.05) is 17.0 Å². The zero-order valence-electron chi connectivity index (χ0n) is 16.6. The van der Waals surface area contributed by atoms with Crippen LogP contribution in [0.25, 0.3) is 0 Å². The molecule has 31 heavy (non-hydrogen) atoms. The average Bonchev–Trinajstić information content (AvgIpc) is 3.36. The van der Waals surface area contributed by atoms with Crippen LogP contribution >= 0.6 is 0 Å². The van der Waals surface area contributed by atoms with Crippen LogP contribution in [-0.2, 0) is 9.59 Å². The van der Waals surface area contributed by atoms with Crippen LogP contribution in [0.4, 0.5) is 5.69 Å². The maximum absolute atomic E-state index is 13.0. The fraction of sp³-hybridized carbons (Fsp3) is 0.200. The molecule has 6 nitrogen and oxygen atoms in total. The van der Waals surface area contributed by atoms with Crippen molar-refractivity contribution in [1.82, 2.24) is 0 Å². The summed E-state index contributed by atoms with van der Waals surface area (Å²) in [5, 5.41) is 18.3. The molecule has 1 N–H and O–H groups in total. The standard InChI is InChI=1S/C25H18N2O4/c26-13-14-1-3-15(4-2-14)22-23-18(9-11-20(23)28)27(19-10-12-21(29)24(19)22)17-7-5-16(6-8-17)25(30)31/h1-8,22H,9-12H2,(H,30,31). The van der Waals surface area contributed by atoms with Crippen LogP contribution in [0.2, 0.25) is 0 Å². The Morgan fingerprint density at radius 3 is 1.90 bits per heavy atom. The van der Waals surface area contributed by atoms with E-state index < -0.39 is 11.9 Å². The number of aromatic carboxylic acids is 1. The van der Waals surface area contributed by atoms with Gasteiger partial charge in [-0.25, -0.2) is 4.79 Å². The van der Waals surface area contributed by atoms with E-state index in [1.54, 1.807) is 36.4 Å². The largest absolute Gasteiger partial charge is 0.478 e. The minimum absolute atomic E-state index is 0.0303. The lowest BCUT2D eigenvalue weighted by atomic mass is 9.79. The quantitative estimate of drug-likeness (QED) is 0.818. The van der Waals surface area contributed by atoms with Crippen molar-refractivity contribution in [3.8, 4) is 6.07 Å². The summed E-state index contributed by atoms with van der Waals surface area (Å²) in [5.74, 6) is -1.36. The second kappa shape index (κ2) is 7.06. The van der Waals surface area contributed by atoms with Gasteiger partial charge in [0, 0.05) is 47.0 Å². The van der Waals surface area contributed by atoms with Gasteiger partial charge in [-0.2, -0.15) is 5.26 Å². The van der Waals surface area contributed by atoms with Crippen molar-refractivity contribution in [2.24, 2.45) is 0 Å². The van der Waals surface area contributed by atoms with E-state index in [9.17, 15) is 19.5 Å². The molecule has 1 heterocycles. The Morgan fingerprint density at radius 1 is 0.871 bits per heavy atom. The molecule has 0 radical (unpaired) electrons. The van der Waals surface area contributed by atoms with Crippen LogP contribution in [0.1, 0.15) is 53.1 Å². The lowest BCUT2D eigenvalue weighted by Gasteiger charge is -2.36. The molecule has 0 fully saturated rings. The third kappa shape index (κ3) is 2.89. The number of hydrogen-bond acceptors (Lipinski definition) is 5. The van der Waals surface area contributed by atoms with E-state index in [1.165, 1.54) is 0 Å². The van der Waals surface area contributed by atoms with Gasteiger partial charge in [-0.1, -0.05) is 12.1 Å².